The van der Waals surface area contributed by atoms with Gasteiger partial charge in [-0.1, -0.05) is 5.21 Å². The summed E-state index contributed by atoms with van der Waals surface area (Å²) in [6.07, 6.45) is -0.392. The predicted octanol–water partition coefficient (Wildman–Crippen LogP) is 1.75. The predicted molar refractivity (Wildman–Crippen MR) is 89.1 cm³/mol. The molecular formula is C17H19F3N6O. The van der Waals surface area contributed by atoms with E-state index >= 15 is 0 Å². The zero-order valence-electron chi connectivity index (χ0n) is 14.5. The van der Waals surface area contributed by atoms with E-state index in [2.05, 4.69) is 20.6 Å². The van der Waals surface area contributed by atoms with Crippen molar-refractivity contribution in [3.8, 4) is 5.82 Å². The Balaban J connectivity index is 1.46. The number of hydrogen-bond acceptors (Lipinski definition) is 5. The van der Waals surface area contributed by atoms with Gasteiger partial charge in [0.2, 0.25) is 0 Å². The third-order valence-electron chi connectivity index (χ3n) is 5.33. The first-order chi connectivity index (χ1) is 12.9. The molecule has 0 saturated carbocycles. The molecule has 144 valence electrons. The molecule has 27 heavy (non-hydrogen) atoms. The highest BCUT2D eigenvalue weighted by Gasteiger charge is 2.33. The first kappa shape index (κ1) is 17.9. The van der Waals surface area contributed by atoms with E-state index in [1.54, 1.807) is 4.90 Å². The van der Waals surface area contributed by atoms with E-state index in [0.29, 0.717) is 24.9 Å². The maximum atomic E-state index is 12.7. The summed E-state index contributed by atoms with van der Waals surface area (Å²) in [6, 6.07) is 2.12. The van der Waals surface area contributed by atoms with Gasteiger partial charge in [0.1, 0.15) is 0 Å². The van der Waals surface area contributed by atoms with Gasteiger partial charge >= 0.3 is 6.18 Å². The number of alkyl halides is 3. The Bertz CT molecular complexity index is 805. The van der Waals surface area contributed by atoms with E-state index in [0.717, 1.165) is 38.2 Å². The number of nitrogens with zero attached hydrogens (tertiary/aromatic N) is 5. The zero-order chi connectivity index (χ0) is 19.0. The Morgan fingerprint density at radius 3 is 2.44 bits per heavy atom. The molecule has 0 spiro atoms. The van der Waals surface area contributed by atoms with Gasteiger partial charge in [0, 0.05) is 19.3 Å². The fraction of sp³-hybridized carbons (Fsp3) is 0.529. The van der Waals surface area contributed by atoms with Crippen molar-refractivity contribution in [2.75, 3.05) is 26.2 Å². The summed E-state index contributed by atoms with van der Waals surface area (Å²) >= 11 is 0. The van der Waals surface area contributed by atoms with Crippen molar-refractivity contribution >= 4 is 5.91 Å². The van der Waals surface area contributed by atoms with Crippen LogP contribution in [0.1, 0.15) is 28.9 Å². The molecule has 1 amide bonds. The second kappa shape index (κ2) is 6.91. The number of hydrogen-bond donors (Lipinski definition) is 1. The summed E-state index contributed by atoms with van der Waals surface area (Å²) in [7, 11) is 0. The Kier molecular flexibility index (Phi) is 4.58. The minimum absolute atomic E-state index is 0.168. The molecule has 2 aliphatic heterocycles. The van der Waals surface area contributed by atoms with Crippen LogP contribution in [-0.4, -0.2) is 57.0 Å². The number of amides is 1. The average Bonchev–Trinajstić information content (AvgIpc) is 3.27. The van der Waals surface area contributed by atoms with E-state index in [9.17, 15) is 18.0 Å². The van der Waals surface area contributed by atoms with Crippen LogP contribution in [0.5, 0.6) is 0 Å². The Morgan fingerprint density at radius 2 is 1.85 bits per heavy atom. The normalized spacial score (nSPS) is 23.1. The lowest BCUT2D eigenvalue weighted by Crippen LogP contribution is -2.33. The lowest BCUT2D eigenvalue weighted by molar-refractivity contribution is -0.137. The first-order valence-corrected chi connectivity index (χ1v) is 8.88. The van der Waals surface area contributed by atoms with Crippen molar-refractivity contribution in [3.63, 3.8) is 0 Å². The molecule has 0 radical (unpaired) electrons. The van der Waals surface area contributed by atoms with Gasteiger partial charge in [-0.25, -0.2) is 9.67 Å². The molecule has 4 rings (SSSR count). The van der Waals surface area contributed by atoms with Crippen molar-refractivity contribution in [2.45, 2.75) is 19.0 Å². The lowest BCUT2D eigenvalue weighted by Gasteiger charge is -2.19. The summed E-state index contributed by atoms with van der Waals surface area (Å²) in [6.45, 7) is 3.35. The fourth-order valence-electron chi connectivity index (χ4n) is 3.75. The number of nitrogens with one attached hydrogen (secondary N) is 1. The topological polar surface area (TPSA) is 75.9 Å². The smallest absolute Gasteiger partial charge is 0.337 e. The van der Waals surface area contributed by atoms with Crippen molar-refractivity contribution in [1.82, 2.24) is 30.2 Å². The quantitative estimate of drug-likeness (QED) is 0.859. The fourth-order valence-corrected chi connectivity index (χ4v) is 3.75. The van der Waals surface area contributed by atoms with Gasteiger partial charge in [-0.15, -0.1) is 5.10 Å². The monoisotopic (exact) mass is 380 g/mol. The van der Waals surface area contributed by atoms with E-state index in [1.165, 1.54) is 16.9 Å². The molecule has 2 fully saturated rings. The van der Waals surface area contributed by atoms with Crippen LogP contribution < -0.4 is 5.32 Å². The van der Waals surface area contributed by atoms with Crippen LogP contribution >= 0.6 is 0 Å². The Labute approximate surface area is 153 Å². The van der Waals surface area contributed by atoms with E-state index < -0.39 is 11.7 Å². The second-order valence-corrected chi connectivity index (χ2v) is 7.00. The summed E-state index contributed by atoms with van der Waals surface area (Å²) in [5, 5.41) is 11.1. The van der Waals surface area contributed by atoms with Gasteiger partial charge in [0.05, 0.1) is 11.8 Å². The SMILES string of the molecule is O=C(c1cn(-c2ccc(C(F)(F)F)cn2)nn1)N1CC[C@@H]2CNC[C@@H]2CC1. The number of aromatic nitrogens is 4. The number of carbonyl (C=O) groups excluding carboxylic acids is 1. The van der Waals surface area contributed by atoms with Crippen LogP contribution in [0.2, 0.25) is 0 Å². The van der Waals surface area contributed by atoms with Crippen molar-refractivity contribution in [3.05, 3.63) is 35.8 Å². The highest BCUT2D eigenvalue weighted by molar-refractivity contribution is 5.92. The van der Waals surface area contributed by atoms with Gasteiger partial charge in [-0.3, -0.25) is 4.79 Å². The maximum absolute atomic E-state index is 12.7. The standard InChI is InChI=1S/C17H19F3N6O/c18-17(19,20)13-1-2-15(22-9-13)26-10-14(23-24-26)16(27)25-5-3-11-7-21-8-12(11)4-6-25/h1-2,9-12,21H,3-8H2/t11-,12+. The van der Waals surface area contributed by atoms with Gasteiger partial charge in [-0.2, -0.15) is 13.2 Å². The van der Waals surface area contributed by atoms with Crippen LogP contribution in [0.25, 0.3) is 5.82 Å². The molecule has 2 aromatic rings. The average molecular weight is 380 g/mol. The van der Waals surface area contributed by atoms with Crippen LogP contribution in [0, 0.1) is 11.8 Å². The zero-order valence-corrected chi connectivity index (χ0v) is 14.5. The van der Waals surface area contributed by atoms with Crippen LogP contribution in [0.15, 0.2) is 24.5 Å². The van der Waals surface area contributed by atoms with Crippen molar-refractivity contribution < 1.29 is 18.0 Å². The van der Waals surface area contributed by atoms with Crippen molar-refractivity contribution in [1.29, 1.82) is 0 Å². The third-order valence-corrected chi connectivity index (χ3v) is 5.33. The number of pyridine rings is 1. The molecule has 1 N–H and O–H groups in total. The molecule has 0 aliphatic carbocycles. The van der Waals surface area contributed by atoms with E-state index in [-0.39, 0.29) is 17.4 Å². The molecule has 0 unspecified atom stereocenters. The van der Waals surface area contributed by atoms with Gasteiger partial charge in [0.25, 0.3) is 5.91 Å². The number of fused-ring (bicyclic) bond motifs is 1. The van der Waals surface area contributed by atoms with Crippen molar-refractivity contribution in [2.24, 2.45) is 11.8 Å². The molecule has 2 atom stereocenters. The lowest BCUT2D eigenvalue weighted by atomic mass is 9.92. The molecule has 2 aliphatic rings. The molecule has 4 heterocycles. The molecule has 0 bridgehead atoms. The maximum Gasteiger partial charge on any atom is 0.417 e. The second-order valence-electron chi connectivity index (χ2n) is 7.00. The first-order valence-electron chi connectivity index (χ1n) is 8.88. The molecule has 2 saturated heterocycles. The Hall–Kier alpha value is -2.49. The van der Waals surface area contributed by atoms with Gasteiger partial charge in [-0.05, 0) is 49.9 Å². The van der Waals surface area contributed by atoms with Crippen LogP contribution in [0.3, 0.4) is 0 Å². The summed E-state index contributed by atoms with van der Waals surface area (Å²) in [5.74, 6) is 1.18. The summed E-state index contributed by atoms with van der Waals surface area (Å²) < 4.78 is 39.1. The molecule has 2 aromatic heterocycles. The van der Waals surface area contributed by atoms with E-state index in [4.69, 9.17) is 0 Å². The number of likely N-dealkylation sites (tertiary alicyclic amines) is 1. The van der Waals surface area contributed by atoms with E-state index in [1.807, 2.05) is 0 Å². The highest BCUT2D eigenvalue weighted by atomic mass is 19.4. The van der Waals surface area contributed by atoms with Crippen LogP contribution in [-0.2, 0) is 6.18 Å². The highest BCUT2D eigenvalue weighted by Crippen LogP contribution is 2.29. The molecule has 10 heteroatoms. The Morgan fingerprint density at radius 1 is 1.15 bits per heavy atom. The number of halogens is 3. The molecule has 7 nitrogen and oxygen atoms in total. The third kappa shape index (κ3) is 3.66. The molecule has 0 aromatic carbocycles. The summed E-state index contributed by atoms with van der Waals surface area (Å²) in [4.78, 5) is 18.3. The summed E-state index contributed by atoms with van der Waals surface area (Å²) in [5.41, 5.74) is -0.672. The van der Waals surface area contributed by atoms with Gasteiger partial charge < -0.3 is 10.2 Å². The van der Waals surface area contributed by atoms with Crippen LogP contribution in [0.4, 0.5) is 13.2 Å². The minimum Gasteiger partial charge on any atom is -0.337 e. The molecular weight excluding hydrogens is 361 g/mol. The van der Waals surface area contributed by atoms with Gasteiger partial charge in [0.15, 0.2) is 11.5 Å². The number of carbonyl (C=O) groups is 1. The largest absolute Gasteiger partial charge is 0.417 e. The number of rotatable bonds is 2. The minimum atomic E-state index is -4.45.